The van der Waals surface area contributed by atoms with Gasteiger partial charge in [-0.1, -0.05) is 0 Å². The quantitative estimate of drug-likeness (QED) is 0.774. The number of rotatable bonds is 4. The first-order valence-electron chi connectivity index (χ1n) is 6.26. The highest BCUT2D eigenvalue weighted by Gasteiger charge is 2.35. The van der Waals surface area contributed by atoms with E-state index in [2.05, 4.69) is 10.4 Å². The first kappa shape index (κ1) is 15.3. The van der Waals surface area contributed by atoms with E-state index in [0.29, 0.717) is 0 Å². The van der Waals surface area contributed by atoms with Crippen molar-refractivity contribution in [1.29, 1.82) is 0 Å². The molecule has 1 atom stereocenters. The Kier molecular flexibility index (Phi) is 4.16. The Labute approximate surface area is 121 Å². The summed E-state index contributed by atoms with van der Waals surface area (Å²) in [5.41, 5.74) is 0. The Morgan fingerprint density at radius 2 is 2.29 bits per heavy atom. The van der Waals surface area contributed by atoms with Gasteiger partial charge < -0.3 is 10.0 Å². The number of aromatic nitrogens is 2. The number of amides is 2. The summed E-state index contributed by atoms with van der Waals surface area (Å²) < 4.78 is 24.5. The van der Waals surface area contributed by atoms with Gasteiger partial charge in [-0.2, -0.15) is 5.10 Å². The van der Waals surface area contributed by atoms with Gasteiger partial charge >= 0.3 is 12.0 Å². The van der Waals surface area contributed by atoms with Gasteiger partial charge in [0.05, 0.1) is 11.5 Å². The first-order chi connectivity index (χ1) is 9.77. The third kappa shape index (κ3) is 3.94. The average molecular weight is 316 g/mol. The fourth-order valence-corrected chi connectivity index (χ4v) is 3.93. The molecule has 2 amide bonds. The molecule has 116 valence electrons. The molecule has 1 saturated heterocycles. The van der Waals surface area contributed by atoms with Crippen LogP contribution in [0.3, 0.4) is 0 Å². The largest absolute Gasteiger partial charge is 0.480 e. The number of carboxylic acids is 1. The van der Waals surface area contributed by atoms with Crippen molar-refractivity contribution in [2.24, 2.45) is 7.05 Å². The first-order valence-corrected chi connectivity index (χ1v) is 8.08. The van der Waals surface area contributed by atoms with Crippen LogP contribution in [0.1, 0.15) is 6.42 Å². The molecule has 0 aromatic carbocycles. The van der Waals surface area contributed by atoms with Crippen molar-refractivity contribution in [1.82, 2.24) is 14.7 Å². The summed E-state index contributed by atoms with van der Waals surface area (Å²) in [6.45, 7) is -0.557. The SMILES string of the molecule is Cn1ccc(NC(=O)N(CC(=O)O)C2CCS(=O)(=O)C2)n1. The van der Waals surface area contributed by atoms with Gasteiger partial charge in [0.2, 0.25) is 0 Å². The summed E-state index contributed by atoms with van der Waals surface area (Å²) in [7, 11) is -1.54. The van der Waals surface area contributed by atoms with Crippen LogP contribution in [-0.4, -0.2) is 64.3 Å². The molecule has 1 aromatic heterocycles. The molecule has 1 unspecified atom stereocenters. The van der Waals surface area contributed by atoms with Crippen molar-refractivity contribution in [2.45, 2.75) is 12.5 Å². The van der Waals surface area contributed by atoms with E-state index in [4.69, 9.17) is 5.11 Å². The lowest BCUT2D eigenvalue weighted by molar-refractivity contribution is -0.138. The summed E-state index contributed by atoms with van der Waals surface area (Å²) in [5.74, 6) is -1.17. The second-order valence-corrected chi connectivity index (χ2v) is 7.11. The maximum atomic E-state index is 12.2. The molecule has 0 aliphatic carbocycles. The van der Waals surface area contributed by atoms with E-state index in [0.717, 1.165) is 4.90 Å². The molecule has 2 N–H and O–H groups in total. The fourth-order valence-electron chi connectivity index (χ4n) is 2.20. The van der Waals surface area contributed by atoms with Crippen LogP contribution in [0.4, 0.5) is 10.6 Å². The van der Waals surface area contributed by atoms with Crippen molar-refractivity contribution in [3.8, 4) is 0 Å². The minimum atomic E-state index is -3.21. The number of aryl methyl sites for hydroxylation is 1. The summed E-state index contributed by atoms with van der Waals surface area (Å²) in [4.78, 5) is 24.1. The van der Waals surface area contributed by atoms with Crippen LogP contribution >= 0.6 is 0 Å². The second-order valence-electron chi connectivity index (χ2n) is 4.88. The van der Waals surface area contributed by atoms with E-state index in [1.165, 1.54) is 4.68 Å². The third-order valence-electron chi connectivity index (χ3n) is 3.16. The molecule has 1 fully saturated rings. The Morgan fingerprint density at radius 3 is 2.76 bits per heavy atom. The zero-order chi connectivity index (χ0) is 15.6. The van der Waals surface area contributed by atoms with Crippen molar-refractivity contribution < 1.29 is 23.1 Å². The predicted molar refractivity (Wildman–Crippen MR) is 73.6 cm³/mol. The lowest BCUT2D eigenvalue weighted by Crippen LogP contribution is -2.46. The lowest BCUT2D eigenvalue weighted by Gasteiger charge is -2.26. The van der Waals surface area contributed by atoms with Crippen LogP contribution in [0.15, 0.2) is 12.3 Å². The maximum absolute atomic E-state index is 12.2. The second kappa shape index (κ2) is 5.72. The standard InChI is InChI=1S/C11H16N4O5S/c1-14-4-2-9(13-14)12-11(18)15(6-10(16)17)8-3-5-21(19,20)7-8/h2,4,8H,3,5-7H2,1H3,(H,16,17)(H,12,13,18). The Hall–Kier alpha value is -2.10. The van der Waals surface area contributed by atoms with Crippen LogP contribution < -0.4 is 5.32 Å². The predicted octanol–water partition coefficient (Wildman–Crippen LogP) is -0.474. The molecule has 0 saturated carbocycles. The minimum Gasteiger partial charge on any atom is -0.480 e. The van der Waals surface area contributed by atoms with E-state index in [1.54, 1.807) is 19.3 Å². The van der Waals surface area contributed by atoms with Gasteiger partial charge in [0.15, 0.2) is 15.7 Å². The highest BCUT2D eigenvalue weighted by Crippen LogP contribution is 2.18. The number of carboxylic acid groups (broad SMARTS) is 1. The number of nitrogens with zero attached hydrogens (tertiary/aromatic N) is 3. The van der Waals surface area contributed by atoms with E-state index < -0.39 is 34.4 Å². The van der Waals surface area contributed by atoms with Crippen molar-refractivity contribution in [3.05, 3.63) is 12.3 Å². The molecule has 2 rings (SSSR count). The molecule has 21 heavy (non-hydrogen) atoms. The average Bonchev–Trinajstić information content (AvgIpc) is 2.92. The Bertz CT molecular complexity index is 653. The van der Waals surface area contributed by atoms with Crippen LogP contribution in [0.5, 0.6) is 0 Å². The molecule has 9 nitrogen and oxygen atoms in total. The van der Waals surface area contributed by atoms with Crippen molar-refractivity contribution in [3.63, 3.8) is 0 Å². The number of hydrogen-bond acceptors (Lipinski definition) is 5. The molecular formula is C11H16N4O5S. The Morgan fingerprint density at radius 1 is 1.57 bits per heavy atom. The smallest absolute Gasteiger partial charge is 0.323 e. The van der Waals surface area contributed by atoms with Crippen LogP contribution in [0, 0.1) is 0 Å². The number of hydrogen-bond donors (Lipinski definition) is 2. The van der Waals surface area contributed by atoms with Crippen molar-refractivity contribution >= 4 is 27.7 Å². The van der Waals surface area contributed by atoms with Gasteiger partial charge in [0, 0.05) is 25.4 Å². The molecule has 0 radical (unpaired) electrons. The number of urea groups is 1. The molecule has 0 spiro atoms. The van der Waals surface area contributed by atoms with Crippen LogP contribution in [0.25, 0.3) is 0 Å². The number of nitrogens with one attached hydrogen (secondary N) is 1. The highest BCUT2D eigenvalue weighted by molar-refractivity contribution is 7.91. The van der Waals surface area contributed by atoms with E-state index in [9.17, 15) is 18.0 Å². The van der Waals surface area contributed by atoms with Gasteiger partial charge in [0.25, 0.3) is 0 Å². The molecule has 1 aliphatic heterocycles. The van der Waals surface area contributed by atoms with E-state index >= 15 is 0 Å². The van der Waals surface area contributed by atoms with Crippen LogP contribution in [-0.2, 0) is 21.7 Å². The van der Waals surface area contributed by atoms with Crippen LogP contribution in [0.2, 0.25) is 0 Å². The van der Waals surface area contributed by atoms with Gasteiger partial charge in [0.1, 0.15) is 6.54 Å². The van der Waals surface area contributed by atoms with Gasteiger partial charge in [-0.25, -0.2) is 13.2 Å². The molecule has 2 heterocycles. The zero-order valence-corrected chi connectivity index (χ0v) is 12.2. The summed E-state index contributed by atoms with van der Waals surface area (Å²) in [6, 6.07) is 0.260. The number of carbonyl (C=O) groups is 2. The summed E-state index contributed by atoms with van der Waals surface area (Å²) in [5, 5.41) is 15.3. The number of carbonyl (C=O) groups excluding carboxylic acids is 1. The highest BCUT2D eigenvalue weighted by atomic mass is 32.2. The molecular weight excluding hydrogens is 300 g/mol. The molecule has 0 bridgehead atoms. The topological polar surface area (TPSA) is 122 Å². The van der Waals surface area contributed by atoms with Gasteiger partial charge in [-0.05, 0) is 6.42 Å². The van der Waals surface area contributed by atoms with Crippen molar-refractivity contribution in [2.75, 3.05) is 23.4 Å². The number of aliphatic carboxylic acids is 1. The molecule has 1 aromatic rings. The van der Waals surface area contributed by atoms with Gasteiger partial charge in [-0.15, -0.1) is 0 Å². The Balaban J connectivity index is 2.12. The van der Waals surface area contributed by atoms with E-state index in [-0.39, 0.29) is 23.7 Å². The summed E-state index contributed by atoms with van der Waals surface area (Å²) in [6.07, 6.45) is 1.86. The summed E-state index contributed by atoms with van der Waals surface area (Å²) >= 11 is 0. The maximum Gasteiger partial charge on any atom is 0.323 e. The van der Waals surface area contributed by atoms with Gasteiger partial charge in [-0.3, -0.25) is 14.8 Å². The number of anilines is 1. The monoisotopic (exact) mass is 316 g/mol. The molecule has 1 aliphatic rings. The minimum absolute atomic E-state index is 0.0371. The third-order valence-corrected chi connectivity index (χ3v) is 4.91. The zero-order valence-electron chi connectivity index (χ0n) is 11.4. The fraction of sp³-hybridized carbons (Fsp3) is 0.545. The normalized spacial score (nSPS) is 20.1. The van der Waals surface area contributed by atoms with E-state index in [1.807, 2.05) is 0 Å². The lowest BCUT2D eigenvalue weighted by atomic mass is 10.2. The number of sulfone groups is 1. The molecule has 10 heteroatoms.